The molecule has 1 aromatic rings. The average Bonchev–Trinajstić information content (AvgIpc) is 2.29. The van der Waals surface area contributed by atoms with Gasteiger partial charge < -0.3 is 5.32 Å². The maximum atomic E-state index is 11.5. The first-order valence-electron chi connectivity index (χ1n) is 5.15. The minimum atomic E-state index is -3.10. The van der Waals surface area contributed by atoms with E-state index in [9.17, 15) is 8.42 Å². The lowest BCUT2D eigenvalue weighted by atomic mass is 10.3. The van der Waals surface area contributed by atoms with E-state index in [-0.39, 0.29) is 11.8 Å². The molecule has 1 aromatic carbocycles. The highest BCUT2D eigenvalue weighted by Crippen LogP contribution is 2.16. The summed E-state index contributed by atoms with van der Waals surface area (Å²) in [6.07, 6.45) is 0. The molecule has 0 bridgehead atoms. The molecule has 1 atom stereocenters. The van der Waals surface area contributed by atoms with Gasteiger partial charge in [-0.1, -0.05) is 6.92 Å². The summed E-state index contributed by atoms with van der Waals surface area (Å²) in [5.41, 5.74) is 0.878. The van der Waals surface area contributed by atoms with E-state index in [1.807, 2.05) is 6.92 Å². The third-order valence-electron chi connectivity index (χ3n) is 2.24. The van der Waals surface area contributed by atoms with Crippen LogP contribution in [0.3, 0.4) is 0 Å². The zero-order chi connectivity index (χ0) is 12.2. The molecular weight excluding hydrogens is 246 g/mol. The number of anilines is 1. The first kappa shape index (κ1) is 13.3. The van der Waals surface area contributed by atoms with Gasteiger partial charge in [0.15, 0.2) is 9.84 Å². The van der Waals surface area contributed by atoms with Crippen molar-refractivity contribution in [1.29, 1.82) is 0 Å². The lowest BCUT2D eigenvalue weighted by Gasteiger charge is -2.12. The summed E-state index contributed by atoms with van der Waals surface area (Å²) in [4.78, 5) is 0.360. The molecule has 0 aliphatic heterocycles. The molecule has 0 aliphatic rings. The molecule has 1 rings (SSSR count). The van der Waals surface area contributed by atoms with Crippen LogP contribution in [0.25, 0.3) is 0 Å². The molecule has 0 heterocycles. The van der Waals surface area contributed by atoms with E-state index in [2.05, 4.69) is 5.32 Å². The van der Waals surface area contributed by atoms with Gasteiger partial charge in [0.2, 0.25) is 0 Å². The molecule has 0 saturated carbocycles. The molecule has 16 heavy (non-hydrogen) atoms. The topological polar surface area (TPSA) is 46.2 Å². The molecule has 1 N–H and O–H groups in total. The number of hydrogen-bond donors (Lipinski definition) is 1. The van der Waals surface area contributed by atoms with Gasteiger partial charge in [-0.15, -0.1) is 11.6 Å². The van der Waals surface area contributed by atoms with Crippen LogP contribution in [-0.4, -0.2) is 26.1 Å². The van der Waals surface area contributed by atoms with Crippen LogP contribution in [0.2, 0.25) is 0 Å². The van der Waals surface area contributed by atoms with Crippen LogP contribution in [0.1, 0.15) is 13.8 Å². The summed E-state index contributed by atoms with van der Waals surface area (Å²) in [7, 11) is -3.10. The molecule has 0 amide bonds. The number of alkyl halides is 1. The van der Waals surface area contributed by atoms with Gasteiger partial charge in [0.1, 0.15) is 0 Å². The van der Waals surface area contributed by atoms with Crippen LogP contribution >= 0.6 is 11.6 Å². The fraction of sp³-hybridized carbons (Fsp3) is 0.455. The fourth-order valence-electron chi connectivity index (χ4n) is 1.25. The van der Waals surface area contributed by atoms with E-state index in [0.717, 1.165) is 5.69 Å². The Morgan fingerprint density at radius 3 is 2.31 bits per heavy atom. The van der Waals surface area contributed by atoms with Gasteiger partial charge in [0.25, 0.3) is 0 Å². The van der Waals surface area contributed by atoms with Crippen molar-refractivity contribution in [2.75, 3.05) is 16.9 Å². The normalized spacial score (nSPS) is 13.4. The highest BCUT2D eigenvalue weighted by atomic mass is 35.5. The Hall–Kier alpha value is -0.740. The highest BCUT2D eigenvalue weighted by molar-refractivity contribution is 7.91. The number of benzene rings is 1. The minimum absolute atomic E-state index is 0.123. The first-order chi connectivity index (χ1) is 7.49. The van der Waals surface area contributed by atoms with Crippen molar-refractivity contribution in [3.8, 4) is 0 Å². The van der Waals surface area contributed by atoms with E-state index in [0.29, 0.717) is 10.8 Å². The molecule has 0 aliphatic carbocycles. The van der Waals surface area contributed by atoms with Crippen molar-refractivity contribution in [3.05, 3.63) is 24.3 Å². The minimum Gasteiger partial charge on any atom is -0.381 e. The third kappa shape index (κ3) is 3.39. The van der Waals surface area contributed by atoms with E-state index in [4.69, 9.17) is 11.6 Å². The first-order valence-corrected chi connectivity index (χ1v) is 7.33. The summed E-state index contributed by atoms with van der Waals surface area (Å²) in [6, 6.07) is 6.90. The molecule has 0 radical (unpaired) electrons. The van der Waals surface area contributed by atoms with Crippen LogP contribution < -0.4 is 5.32 Å². The molecule has 90 valence electrons. The Kier molecular flexibility index (Phi) is 4.62. The molecule has 0 fully saturated rings. The fourth-order valence-corrected chi connectivity index (χ4v) is 2.21. The maximum Gasteiger partial charge on any atom is 0.178 e. The van der Waals surface area contributed by atoms with E-state index in [1.165, 1.54) is 0 Å². The SMILES string of the molecule is CCS(=O)(=O)c1ccc(NC(C)CCl)cc1. The summed E-state index contributed by atoms with van der Waals surface area (Å²) in [5.74, 6) is 0.632. The van der Waals surface area contributed by atoms with Gasteiger partial charge >= 0.3 is 0 Å². The second kappa shape index (κ2) is 5.55. The Labute approximate surface area is 102 Å². The summed E-state index contributed by atoms with van der Waals surface area (Å²) >= 11 is 5.67. The van der Waals surface area contributed by atoms with E-state index >= 15 is 0 Å². The molecule has 1 unspecified atom stereocenters. The van der Waals surface area contributed by atoms with Crippen LogP contribution in [-0.2, 0) is 9.84 Å². The Morgan fingerprint density at radius 1 is 1.31 bits per heavy atom. The molecular formula is C11H16ClNO2S. The smallest absolute Gasteiger partial charge is 0.178 e. The predicted octanol–water partition coefficient (Wildman–Crippen LogP) is 2.52. The number of sulfone groups is 1. The molecule has 0 spiro atoms. The number of rotatable bonds is 5. The Bertz CT molecular complexity index is 428. The lowest BCUT2D eigenvalue weighted by molar-refractivity contribution is 0.597. The third-order valence-corrected chi connectivity index (χ3v) is 4.45. The standard InChI is InChI=1S/C11H16ClNO2S/c1-3-16(14,15)11-6-4-10(5-7-11)13-9(2)8-12/h4-7,9,13H,3,8H2,1-2H3. The van der Waals surface area contributed by atoms with E-state index < -0.39 is 9.84 Å². The summed E-state index contributed by atoms with van der Waals surface area (Å²) < 4.78 is 23.1. The summed E-state index contributed by atoms with van der Waals surface area (Å²) in [5, 5.41) is 3.16. The Balaban J connectivity index is 2.84. The van der Waals surface area contributed by atoms with Gasteiger partial charge in [0.05, 0.1) is 10.6 Å². The van der Waals surface area contributed by atoms with Crippen molar-refractivity contribution in [2.24, 2.45) is 0 Å². The monoisotopic (exact) mass is 261 g/mol. The van der Waals surface area contributed by atoms with Crippen LogP contribution in [0, 0.1) is 0 Å². The van der Waals surface area contributed by atoms with Crippen molar-refractivity contribution in [3.63, 3.8) is 0 Å². The van der Waals surface area contributed by atoms with Crippen molar-refractivity contribution < 1.29 is 8.42 Å². The highest BCUT2D eigenvalue weighted by Gasteiger charge is 2.10. The van der Waals surface area contributed by atoms with Crippen LogP contribution in [0.4, 0.5) is 5.69 Å². The molecule has 0 aromatic heterocycles. The largest absolute Gasteiger partial charge is 0.381 e. The summed E-state index contributed by atoms with van der Waals surface area (Å²) in [6.45, 7) is 3.60. The number of hydrogen-bond acceptors (Lipinski definition) is 3. The van der Waals surface area contributed by atoms with Crippen molar-refractivity contribution in [1.82, 2.24) is 0 Å². The Morgan fingerprint density at radius 2 is 1.88 bits per heavy atom. The van der Waals surface area contributed by atoms with Gasteiger partial charge in [-0.3, -0.25) is 0 Å². The zero-order valence-corrected chi connectivity index (χ0v) is 11.0. The van der Waals surface area contributed by atoms with Crippen LogP contribution in [0.15, 0.2) is 29.2 Å². The quantitative estimate of drug-likeness (QED) is 0.829. The van der Waals surface area contributed by atoms with Crippen LogP contribution in [0.5, 0.6) is 0 Å². The second-order valence-electron chi connectivity index (χ2n) is 3.63. The number of halogens is 1. The van der Waals surface area contributed by atoms with Gasteiger partial charge in [-0.25, -0.2) is 8.42 Å². The van der Waals surface area contributed by atoms with E-state index in [1.54, 1.807) is 31.2 Å². The van der Waals surface area contributed by atoms with Gasteiger partial charge in [0, 0.05) is 17.6 Å². The average molecular weight is 262 g/mol. The molecule has 5 heteroatoms. The van der Waals surface area contributed by atoms with Gasteiger partial charge in [-0.05, 0) is 31.2 Å². The van der Waals surface area contributed by atoms with Gasteiger partial charge in [-0.2, -0.15) is 0 Å². The second-order valence-corrected chi connectivity index (χ2v) is 6.21. The predicted molar refractivity (Wildman–Crippen MR) is 68.0 cm³/mol. The zero-order valence-electron chi connectivity index (χ0n) is 9.40. The lowest BCUT2D eigenvalue weighted by Crippen LogP contribution is -2.16. The van der Waals surface area contributed by atoms with Crippen molar-refractivity contribution in [2.45, 2.75) is 24.8 Å². The maximum absolute atomic E-state index is 11.5. The van der Waals surface area contributed by atoms with Crippen molar-refractivity contribution >= 4 is 27.1 Å². The molecule has 3 nitrogen and oxygen atoms in total. The molecule has 0 saturated heterocycles. The number of nitrogens with one attached hydrogen (secondary N) is 1.